The van der Waals surface area contributed by atoms with Crippen molar-refractivity contribution >= 4 is 12.6 Å². The molecule has 0 amide bonds. The van der Waals surface area contributed by atoms with Gasteiger partial charge in [0.05, 0.1) is 0 Å². The first-order valence-corrected chi connectivity index (χ1v) is 5.46. The van der Waals surface area contributed by atoms with E-state index < -0.39 is 0 Å². The topological polar surface area (TPSA) is 9.23 Å². The van der Waals surface area contributed by atoms with Crippen LogP contribution >= 0.6 is 12.6 Å². The molecule has 0 saturated carbocycles. The summed E-state index contributed by atoms with van der Waals surface area (Å²) in [4.78, 5) is 0. The lowest BCUT2D eigenvalue weighted by Crippen LogP contribution is -2.24. The maximum Gasteiger partial charge on any atom is 0.123 e. The quantitative estimate of drug-likeness (QED) is 0.735. The number of hydrogen-bond acceptors (Lipinski definition) is 2. The molecule has 1 atom stereocenters. The molecule has 0 spiro atoms. The molecule has 0 saturated heterocycles. The van der Waals surface area contributed by atoms with Gasteiger partial charge in [0.15, 0.2) is 0 Å². The van der Waals surface area contributed by atoms with Gasteiger partial charge in [-0.05, 0) is 18.1 Å². The summed E-state index contributed by atoms with van der Waals surface area (Å²) in [6, 6.07) is 8.27. The fraction of sp³-hybridized carbons (Fsp3) is 0.500. The zero-order valence-corrected chi connectivity index (χ0v) is 9.55. The molecule has 1 unspecified atom stereocenters. The summed E-state index contributed by atoms with van der Waals surface area (Å²) in [5, 5.41) is 0. The third-order valence-corrected chi connectivity index (χ3v) is 2.62. The second-order valence-corrected chi connectivity index (χ2v) is 5.78. The van der Waals surface area contributed by atoms with E-state index in [4.69, 9.17) is 4.74 Å². The molecule has 1 aromatic rings. The van der Waals surface area contributed by atoms with Crippen LogP contribution in [0, 0.1) is 0 Å². The first-order valence-electron chi connectivity index (χ1n) is 5.01. The van der Waals surface area contributed by atoms with Gasteiger partial charge in [0.2, 0.25) is 0 Å². The predicted molar refractivity (Wildman–Crippen MR) is 62.2 cm³/mol. The first-order chi connectivity index (χ1) is 6.54. The van der Waals surface area contributed by atoms with Crippen LogP contribution < -0.4 is 4.74 Å². The van der Waals surface area contributed by atoms with E-state index in [9.17, 15) is 0 Å². The van der Waals surface area contributed by atoms with Gasteiger partial charge < -0.3 is 4.74 Å². The van der Waals surface area contributed by atoms with Crippen LogP contribution in [0.1, 0.15) is 25.8 Å². The normalized spacial score (nSPS) is 20.4. The standard InChI is InChI=1S/C12H16OS/c1-12(2,14)8-10-7-9-5-3-4-6-11(9)13-10/h3-6,10,14H,7-8H2,1-2H3. The summed E-state index contributed by atoms with van der Waals surface area (Å²) in [5.74, 6) is 1.05. The molecule has 1 nitrogen and oxygen atoms in total. The lowest BCUT2D eigenvalue weighted by atomic mass is 10.0. The molecule has 1 aliphatic rings. The lowest BCUT2D eigenvalue weighted by Gasteiger charge is -2.21. The minimum atomic E-state index is 0.0483. The fourth-order valence-corrected chi connectivity index (χ4v) is 2.13. The number of ether oxygens (including phenoxy) is 1. The second kappa shape index (κ2) is 3.50. The van der Waals surface area contributed by atoms with E-state index in [0.717, 1.165) is 18.6 Å². The molecular formula is C12H16OS. The minimum Gasteiger partial charge on any atom is -0.490 e. The van der Waals surface area contributed by atoms with Gasteiger partial charge in [0.25, 0.3) is 0 Å². The highest BCUT2D eigenvalue weighted by Gasteiger charge is 2.27. The Labute approximate surface area is 90.9 Å². The minimum absolute atomic E-state index is 0.0483. The van der Waals surface area contributed by atoms with Crippen molar-refractivity contribution < 1.29 is 4.74 Å². The second-order valence-electron chi connectivity index (χ2n) is 4.57. The van der Waals surface area contributed by atoms with Crippen molar-refractivity contribution in [2.24, 2.45) is 0 Å². The molecule has 76 valence electrons. The van der Waals surface area contributed by atoms with Crippen LogP contribution in [0.25, 0.3) is 0 Å². The van der Waals surface area contributed by atoms with E-state index in [-0.39, 0.29) is 4.75 Å². The van der Waals surface area contributed by atoms with E-state index in [1.54, 1.807) is 0 Å². The number of para-hydroxylation sites is 1. The molecule has 0 bridgehead atoms. The molecule has 1 aliphatic heterocycles. The molecule has 1 aromatic carbocycles. The number of hydrogen-bond donors (Lipinski definition) is 1. The van der Waals surface area contributed by atoms with Crippen molar-refractivity contribution in [3.05, 3.63) is 29.8 Å². The Kier molecular flexibility index (Phi) is 2.48. The largest absolute Gasteiger partial charge is 0.490 e. The van der Waals surface area contributed by atoms with Gasteiger partial charge in [0, 0.05) is 11.2 Å². The number of fused-ring (bicyclic) bond motifs is 1. The Balaban J connectivity index is 2.05. The molecule has 0 N–H and O–H groups in total. The van der Waals surface area contributed by atoms with Gasteiger partial charge in [-0.3, -0.25) is 0 Å². The Bertz CT molecular complexity index is 302. The maximum atomic E-state index is 5.83. The van der Waals surface area contributed by atoms with Crippen LogP contribution in [0.15, 0.2) is 24.3 Å². The zero-order chi connectivity index (χ0) is 10.2. The summed E-state index contributed by atoms with van der Waals surface area (Å²) in [6.45, 7) is 4.25. The first kappa shape index (κ1) is 9.91. The maximum absolute atomic E-state index is 5.83. The van der Waals surface area contributed by atoms with Crippen molar-refractivity contribution in [3.63, 3.8) is 0 Å². The van der Waals surface area contributed by atoms with Crippen molar-refractivity contribution in [1.29, 1.82) is 0 Å². The fourth-order valence-electron chi connectivity index (χ4n) is 1.92. The van der Waals surface area contributed by atoms with Crippen LogP contribution in [-0.2, 0) is 6.42 Å². The molecule has 0 radical (unpaired) electrons. The SMILES string of the molecule is CC(C)(S)CC1Cc2ccccc2O1. The zero-order valence-electron chi connectivity index (χ0n) is 8.66. The van der Waals surface area contributed by atoms with Crippen molar-refractivity contribution in [2.75, 3.05) is 0 Å². The van der Waals surface area contributed by atoms with Crippen LogP contribution in [0.3, 0.4) is 0 Å². The highest BCUT2D eigenvalue weighted by molar-refractivity contribution is 7.81. The van der Waals surface area contributed by atoms with Gasteiger partial charge in [-0.2, -0.15) is 12.6 Å². The van der Waals surface area contributed by atoms with Crippen molar-refractivity contribution in [1.82, 2.24) is 0 Å². The molecular weight excluding hydrogens is 192 g/mol. The number of benzene rings is 1. The van der Waals surface area contributed by atoms with E-state index >= 15 is 0 Å². The smallest absolute Gasteiger partial charge is 0.123 e. The van der Waals surface area contributed by atoms with Gasteiger partial charge in [0.1, 0.15) is 11.9 Å². The molecule has 2 heteroatoms. The van der Waals surface area contributed by atoms with Gasteiger partial charge in [-0.25, -0.2) is 0 Å². The van der Waals surface area contributed by atoms with E-state index in [0.29, 0.717) is 6.10 Å². The molecule has 2 rings (SSSR count). The van der Waals surface area contributed by atoms with E-state index in [1.807, 2.05) is 12.1 Å². The van der Waals surface area contributed by atoms with Gasteiger partial charge in [-0.1, -0.05) is 32.0 Å². The summed E-state index contributed by atoms with van der Waals surface area (Å²) in [6.07, 6.45) is 2.32. The number of thiol groups is 1. The molecule has 1 heterocycles. The Morgan fingerprint density at radius 2 is 2.14 bits per heavy atom. The van der Waals surface area contributed by atoms with E-state index in [1.165, 1.54) is 5.56 Å². The highest BCUT2D eigenvalue weighted by atomic mass is 32.1. The summed E-state index contributed by atoms with van der Waals surface area (Å²) < 4.78 is 5.88. The summed E-state index contributed by atoms with van der Waals surface area (Å²) in [7, 11) is 0. The van der Waals surface area contributed by atoms with Crippen LogP contribution in [-0.4, -0.2) is 10.9 Å². The Morgan fingerprint density at radius 3 is 2.79 bits per heavy atom. The van der Waals surface area contributed by atoms with E-state index in [2.05, 4.69) is 38.6 Å². The monoisotopic (exact) mass is 208 g/mol. The predicted octanol–water partition coefficient (Wildman–Crippen LogP) is 3.09. The van der Waals surface area contributed by atoms with Gasteiger partial charge >= 0.3 is 0 Å². The summed E-state index contributed by atoms with van der Waals surface area (Å²) in [5.41, 5.74) is 1.33. The lowest BCUT2D eigenvalue weighted by molar-refractivity contribution is 0.210. The van der Waals surface area contributed by atoms with Crippen LogP contribution in [0.5, 0.6) is 5.75 Å². The Hall–Kier alpha value is -0.630. The molecule has 0 aliphatic carbocycles. The van der Waals surface area contributed by atoms with Gasteiger partial charge in [-0.15, -0.1) is 0 Å². The highest BCUT2D eigenvalue weighted by Crippen LogP contribution is 2.32. The Morgan fingerprint density at radius 1 is 1.43 bits per heavy atom. The van der Waals surface area contributed by atoms with Crippen LogP contribution in [0.4, 0.5) is 0 Å². The van der Waals surface area contributed by atoms with Crippen molar-refractivity contribution in [2.45, 2.75) is 37.5 Å². The average molecular weight is 208 g/mol. The number of rotatable bonds is 2. The third-order valence-electron chi connectivity index (χ3n) is 2.44. The third kappa shape index (κ3) is 2.24. The molecule has 0 fully saturated rings. The average Bonchev–Trinajstić information content (AvgIpc) is 2.42. The van der Waals surface area contributed by atoms with Crippen molar-refractivity contribution in [3.8, 4) is 5.75 Å². The molecule has 14 heavy (non-hydrogen) atoms. The molecule has 0 aromatic heterocycles. The summed E-state index contributed by atoms with van der Waals surface area (Å²) >= 11 is 4.53. The van der Waals surface area contributed by atoms with Crippen LogP contribution in [0.2, 0.25) is 0 Å².